The van der Waals surface area contributed by atoms with Gasteiger partial charge in [0.25, 0.3) is 12.3 Å². The number of likely N-dealkylation sites (tertiary alicyclic amines) is 1. The highest BCUT2D eigenvalue weighted by Gasteiger charge is 2.36. The number of alkyl halides is 2. The molecule has 0 radical (unpaired) electrons. The van der Waals surface area contributed by atoms with E-state index in [1.54, 1.807) is 32.9 Å². The first kappa shape index (κ1) is 26.0. The summed E-state index contributed by atoms with van der Waals surface area (Å²) in [7, 11) is 0. The van der Waals surface area contributed by atoms with E-state index in [2.05, 4.69) is 15.2 Å². The largest absolute Gasteiger partial charge is 0.396 e. The number of nitrogens with two attached hydrogens (primary N) is 1. The first-order valence-corrected chi connectivity index (χ1v) is 12.6. The third kappa shape index (κ3) is 4.92. The summed E-state index contributed by atoms with van der Waals surface area (Å²) in [4.78, 5) is 32.4. The first-order chi connectivity index (χ1) is 18.4. The van der Waals surface area contributed by atoms with Crippen molar-refractivity contribution in [2.75, 3.05) is 44.4 Å². The molecule has 2 aliphatic heterocycles. The van der Waals surface area contributed by atoms with Crippen LogP contribution in [-0.2, 0) is 9.53 Å². The fourth-order valence-corrected chi connectivity index (χ4v) is 5.22. The third-order valence-corrected chi connectivity index (χ3v) is 7.11. The second-order valence-corrected chi connectivity index (χ2v) is 9.42. The van der Waals surface area contributed by atoms with E-state index in [1.807, 2.05) is 0 Å². The summed E-state index contributed by atoms with van der Waals surface area (Å²) in [6, 6.07) is 0.853. The van der Waals surface area contributed by atoms with Gasteiger partial charge in [-0.25, -0.2) is 18.3 Å². The van der Waals surface area contributed by atoms with Crippen LogP contribution < -0.4 is 10.6 Å². The number of hydrogen-bond donors (Lipinski definition) is 2. The van der Waals surface area contributed by atoms with Crippen LogP contribution in [0.25, 0.3) is 5.65 Å². The highest BCUT2D eigenvalue weighted by atomic mass is 19.3. The van der Waals surface area contributed by atoms with Crippen LogP contribution in [0.3, 0.4) is 0 Å². The van der Waals surface area contributed by atoms with E-state index in [0.717, 1.165) is 0 Å². The number of nitrogens with zero attached hydrogens (tertiary/aromatic N) is 7. The van der Waals surface area contributed by atoms with Gasteiger partial charge in [-0.3, -0.25) is 14.3 Å². The first-order valence-electron chi connectivity index (χ1n) is 12.6. The van der Waals surface area contributed by atoms with Crippen molar-refractivity contribution in [3.8, 4) is 0 Å². The van der Waals surface area contributed by atoms with Gasteiger partial charge in [0.15, 0.2) is 11.3 Å². The Bertz CT molecular complexity index is 1300. The SMILES string of the molecule is NC(=O)c1c(C2COCCN2c2cn(C3CCN(C(=O)CCCO)CC3)nc2C(F)F)nn2cccnc12. The van der Waals surface area contributed by atoms with Crippen molar-refractivity contribution in [3.63, 3.8) is 0 Å². The summed E-state index contributed by atoms with van der Waals surface area (Å²) in [5.41, 5.74) is 6.28. The van der Waals surface area contributed by atoms with Crippen LogP contribution in [0.4, 0.5) is 14.5 Å². The smallest absolute Gasteiger partial charge is 0.284 e. The molecule has 3 aromatic heterocycles. The minimum absolute atomic E-state index is 0.0183. The van der Waals surface area contributed by atoms with Crippen molar-refractivity contribution in [1.29, 1.82) is 0 Å². The fourth-order valence-electron chi connectivity index (χ4n) is 5.22. The van der Waals surface area contributed by atoms with Gasteiger partial charge in [-0.2, -0.15) is 10.2 Å². The summed E-state index contributed by atoms with van der Waals surface area (Å²) in [6.07, 6.45) is 3.80. The molecule has 12 nitrogen and oxygen atoms in total. The monoisotopic (exact) mass is 532 g/mol. The summed E-state index contributed by atoms with van der Waals surface area (Å²) in [5, 5.41) is 17.8. The molecule has 2 saturated heterocycles. The van der Waals surface area contributed by atoms with Crippen LogP contribution in [0, 0.1) is 0 Å². The molecular weight excluding hydrogens is 502 g/mol. The highest BCUT2D eigenvalue weighted by molar-refractivity contribution is 6.00. The van der Waals surface area contributed by atoms with E-state index in [0.29, 0.717) is 44.7 Å². The number of fused-ring (bicyclic) bond motifs is 1. The van der Waals surface area contributed by atoms with E-state index in [1.165, 1.54) is 10.7 Å². The Morgan fingerprint density at radius 1 is 1.21 bits per heavy atom. The lowest BCUT2D eigenvalue weighted by Gasteiger charge is -2.36. The van der Waals surface area contributed by atoms with Crippen LogP contribution in [0.5, 0.6) is 0 Å². The van der Waals surface area contributed by atoms with Gasteiger partial charge in [-0.15, -0.1) is 0 Å². The van der Waals surface area contributed by atoms with Gasteiger partial charge in [0.05, 0.1) is 31.0 Å². The molecule has 204 valence electrons. The molecule has 2 fully saturated rings. The number of carbonyl (C=O) groups excluding carboxylic acids is 2. The van der Waals surface area contributed by atoms with Gasteiger partial charge in [-0.05, 0) is 25.3 Å². The lowest BCUT2D eigenvalue weighted by Crippen LogP contribution is -2.41. The molecule has 2 amide bonds. The normalized spacial score (nSPS) is 19.0. The maximum atomic E-state index is 14.2. The number of aliphatic hydroxyl groups excluding tert-OH is 1. The zero-order valence-corrected chi connectivity index (χ0v) is 20.7. The van der Waals surface area contributed by atoms with Gasteiger partial charge in [0.2, 0.25) is 5.91 Å². The summed E-state index contributed by atoms with van der Waals surface area (Å²) in [5.74, 6) is -0.737. The summed E-state index contributed by atoms with van der Waals surface area (Å²) in [6.45, 7) is 1.65. The molecule has 0 bridgehead atoms. The van der Waals surface area contributed by atoms with E-state index in [-0.39, 0.29) is 60.7 Å². The Labute approximate surface area is 217 Å². The number of aliphatic hydroxyl groups is 1. The number of hydrogen-bond acceptors (Lipinski definition) is 8. The molecule has 0 spiro atoms. The summed E-state index contributed by atoms with van der Waals surface area (Å²) < 4.78 is 37.2. The van der Waals surface area contributed by atoms with Gasteiger partial charge in [-0.1, -0.05) is 0 Å². The Kier molecular flexibility index (Phi) is 7.51. The average molecular weight is 533 g/mol. The molecule has 0 saturated carbocycles. The fraction of sp³-hybridized carbons (Fsp3) is 0.542. The molecule has 38 heavy (non-hydrogen) atoms. The predicted molar refractivity (Wildman–Crippen MR) is 131 cm³/mol. The Balaban J connectivity index is 1.44. The molecule has 14 heteroatoms. The quantitative estimate of drug-likeness (QED) is 0.444. The minimum atomic E-state index is -2.83. The third-order valence-electron chi connectivity index (χ3n) is 7.11. The zero-order chi connectivity index (χ0) is 26.8. The number of anilines is 1. The van der Waals surface area contributed by atoms with Crippen LogP contribution in [0.15, 0.2) is 24.7 Å². The molecule has 1 atom stereocenters. The van der Waals surface area contributed by atoms with Crippen molar-refractivity contribution in [3.05, 3.63) is 41.6 Å². The average Bonchev–Trinajstić information content (AvgIpc) is 3.54. The predicted octanol–water partition coefficient (Wildman–Crippen LogP) is 1.48. The van der Waals surface area contributed by atoms with Crippen molar-refractivity contribution in [1.82, 2.24) is 29.3 Å². The molecule has 0 aliphatic carbocycles. The van der Waals surface area contributed by atoms with Crippen molar-refractivity contribution in [2.45, 2.75) is 44.2 Å². The van der Waals surface area contributed by atoms with Gasteiger partial charge in [0.1, 0.15) is 11.3 Å². The van der Waals surface area contributed by atoms with Crippen molar-refractivity contribution < 1.29 is 28.2 Å². The van der Waals surface area contributed by atoms with E-state index in [4.69, 9.17) is 15.6 Å². The number of rotatable bonds is 8. The van der Waals surface area contributed by atoms with Gasteiger partial charge in [0, 0.05) is 51.3 Å². The van der Waals surface area contributed by atoms with Crippen LogP contribution in [0.2, 0.25) is 0 Å². The van der Waals surface area contributed by atoms with Gasteiger partial charge < -0.3 is 25.4 Å². The second-order valence-electron chi connectivity index (χ2n) is 9.42. The van der Waals surface area contributed by atoms with E-state index in [9.17, 15) is 18.4 Å². The number of primary amides is 1. The minimum Gasteiger partial charge on any atom is -0.396 e. The van der Waals surface area contributed by atoms with Crippen molar-refractivity contribution >= 4 is 23.1 Å². The number of halogens is 2. The lowest BCUT2D eigenvalue weighted by atomic mass is 10.0. The maximum Gasteiger partial charge on any atom is 0.284 e. The highest BCUT2D eigenvalue weighted by Crippen LogP contribution is 2.38. The second kappa shape index (κ2) is 11.0. The molecule has 0 aromatic carbocycles. The summed E-state index contributed by atoms with van der Waals surface area (Å²) >= 11 is 0. The molecule has 2 aliphatic rings. The molecule has 5 heterocycles. The Morgan fingerprint density at radius 2 is 2.00 bits per heavy atom. The molecule has 3 aromatic rings. The molecular formula is C24H30F2N8O4. The number of piperidine rings is 1. The topological polar surface area (TPSA) is 144 Å². The van der Waals surface area contributed by atoms with E-state index < -0.39 is 18.4 Å². The van der Waals surface area contributed by atoms with Crippen LogP contribution >= 0.6 is 0 Å². The number of amides is 2. The number of aromatic nitrogens is 5. The van der Waals surface area contributed by atoms with Crippen LogP contribution in [-0.4, -0.2) is 85.7 Å². The number of ether oxygens (including phenoxy) is 1. The number of carbonyl (C=O) groups is 2. The zero-order valence-electron chi connectivity index (χ0n) is 20.7. The molecule has 1 unspecified atom stereocenters. The molecule has 3 N–H and O–H groups in total. The standard InChI is InChI=1S/C24H30F2N8O4/c25-22(26)21-16(13-34(30-21)15-4-8-31(9-5-15)18(36)3-1-11-35)32-10-12-38-14-17(32)20-19(23(27)37)24-28-6-2-7-33(24)29-20/h2,6-7,13,15,17,22,35H,1,3-5,8-12,14H2,(H2,27,37). The Morgan fingerprint density at radius 3 is 2.71 bits per heavy atom. The molecule has 5 rings (SSSR count). The van der Waals surface area contributed by atoms with Crippen LogP contribution in [0.1, 0.15) is 65.9 Å². The van der Waals surface area contributed by atoms with Gasteiger partial charge >= 0.3 is 0 Å². The number of morpholine rings is 1. The lowest BCUT2D eigenvalue weighted by molar-refractivity contribution is -0.132. The Hall–Kier alpha value is -3.65. The maximum absolute atomic E-state index is 14.2. The van der Waals surface area contributed by atoms with E-state index >= 15 is 0 Å². The van der Waals surface area contributed by atoms with Crippen molar-refractivity contribution in [2.24, 2.45) is 5.73 Å².